The highest BCUT2D eigenvalue weighted by molar-refractivity contribution is 7.87. The quantitative estimate of drug-likeness (QED) is 0.635. The lowest BCUT2D eigenvalue weighted by molar-refractivity contribution is 0.173. The first kappa shape index (κ1) is 15.8. The summed E-state index contributed by atoms with van der Waals surface area (Å²) in [7, 11) is -3.43. The van der Waals surface area contributed by atoms with Gasteiger partial charge in [0.25, 0.3) is 10.2 Å². The minimum atomic E-state index is -3.43. The highest BCUT2D eigenvalue weighted by Crippen LogP contribution is 2.01. The molecule has 6 heteroatoms. The van der Waals surface area contributed by atoms with Crippen molar-refractivity contribution in [2.75, 3.05) is 19.6 Å². The first-order valence-electron chi connectivity index (χ1n) is 5.90. The summed E-state index contributed by atoms with van der Waals surface area (Å²) in [6, 6.07) is 0. The highest BCUT2D eigenvalue weighted by atomic mass is 32.2. The van der Waals surface area contributed by atoms with Gasteiger partial charge in [-0.3, -0.25) is 0 Å². The van der Waals surface area contributed by atoms with Crippen molar-refractivity contribution in [1.29, 1.82) is 0 Å². The maximum Gasteiger partial charge on any atom is 0.279 e. The Kier molecular flexibility index (Phi) is 7.91. The molecule has 1 atom stereocenters. The van der Waals surface area contributed by atoms with E-state index >= 15 is 0 Å². The van der Waals surface area contributed by atoms with E-state index in [-0.39, 0.29) is 6.54 Å². The van der Waals surface area contributed by atoms with Crippen LogP contribution >= 0.6 is 0 Å². The number of aliphatic hydroxyl groups excluding tert-OH is 1. The molecule has 5 nitrogen and oxygen atoms in total. The van der Waals surface area contributed by atoms with E-state index in [1.54, 1.807) is 0 Å². The Balaban J connectivity index is 4.35. The lowest BCUT2D eigenvalue weighted by Gasteiger charge is -2.22. The van der Waals surface area contributed by atoms with Gasteiger partial charge in [-0.25, -0.2) is 0 Å². The molecule has 0 saturated heterocycles. The van der Waals surface area contributed by atoms with Crippen molar-refractivity contribution in [3.8, 4) is 0 Å². The van der Waals surface area contributed by atoms with Crippen LogP contribution in [0.25, 0.3) is 0 Å². The van der Waals surface area contributed by atoms with E-state index in [1.807, 2.05) is 20.8 Å². The van der Waals surface area contributed by atoms with E-state index in [0.717, 1.165) is 12.8 Å². The maximum atomic E-state index is 11.8. The fourth-order valence-corrected chi connectivity index (χ4v) is 2.72. The first-order valence-corrected chi connectivity index (χ1v) is 7.34. The van der Waals surface area contributed by atoms with Crippen LogP contribution in [-0.2, 0) is 10.2 Å². The monoisotopic (exact) mass is 252 g/mol. The lowest BCUT2D eigenvalue weighted by atomic mass is 10.3. The number of nitrogens with one attached hydrogen (secondary N) is 1. The molecule has 0 heterocycles. The van der Waals surface area contributed by atoms with Crippen LogP contribution < -0.4 is 4.72 Å². The second-order valence-electron chi connectivity index (χ2n) is 3.81. The summed E-state index contributed by atoms with van der Waals surface area (Å²) in [4.78, 5) is 0. The molecular weight excluding hydrogens is 228 g/mol. The van der Waals surface area contributed by atoms with Crippen LogP contribution in [0.4, 0.5) is 0 Å². The zero-order valence-electron chi connectivity index (χ0n) is 10.4. The normalized spacial score (nSPS) is 14.3. The van der Waals surface area contributed by atoms with E-state index in [0.29, 0.717) is 19.5 Å². The third kappa shape index (κ3) is 5.79. The molecule has 0 fully saturated rings. The van der Waals surface area contributed by atoms with Crippen LogP contribution in [0.5, 0.6) is 0 Å². The maximum absolute atomic E-state index is 11.8. The second-order valence-corrected chi connectivity index (χ2v) is 5.57. The van der Waals surface area contributed by atoms with Gasteiger partial charge in [-0.05, 0) is 19.3 Å². The highest BCUT2D eigenvalue weighted by Gasteiger charge is 2.20. The molecule has 0 aromatic heterocycles. The predicted octanol–water partition coefficient (Wildman–Crippen LogP) is 0.714. The molecule has 0 amide bonds. The van der Waals surface area contributed by atoms with Crippen molar-refractivity contribution in [3.05, 3.63) is 0 Å². The molecule has 0 saturated carbocycles. The standard InChI is InChI=1S/C10H24N2O3S/c1-4-7-12(8-5-2)16(14,15)11-9-10(13)6-3/h10-11,13H,4-9H2,1-3H3. The molecule has 0 aromatic carbocycles. The van der Waals surface area contributed by atoms with Gasteiger partial charge in [0.05, 0.1) is 6.10 Å². The van der Waals surface area contributed by atoms with E-state index < -0.39 is 16.3 Å². The van der Waals surface area contributed by atoms with Gasteiger partial charge in [-0.15, -0.1) is 0 Å². The van der Waals surface area contributed by atoms with Gasteiger partial charge in [0.1, 0.15) is 0 Å². The molecule has 0 aliphatic rings. The summed E-state index contributed by atoms with van der Waals surface area (Å²) < 4.78 is 27.5. The molecular formula is C10H24N2O3S. The van der Waals surface area contributed by atoms with Gasteiger partial charge in [-0.1, -0.05) is 20.8 Å². The van der Waals surface area contributed by atoms with E-state index in [4.69, 9.17) is 0 Å². The Labute approximate surface area is 99.0 Å². The number of hydrogen-bond acceptors (Lipinski definition) is 3. The smallest absolute Gasteiger partial charge is 0.279 e. The van der Waals surface area contributed by atoms with Gasteiger partial charge in [0.2, 0.25) is 0 Å². The van der Waals surface area contributed by atoms with Crippen LogP contribution in [0.15, 0.2) is 0 Å². The Bertz CT molecular complexity index is 261. The Hall–Kier alpha value is -0.170. The third-order valence-electron chi connectivity index (χ3n) is 2.26. The number of hydrogen-bond donors (Lipinski definition) is 2. The molecule has 2 N–H and O–H groups in total. The molecule has 0 aromatic rings. The molecule has 0 bridgehead atoms. The summed E-state index contributed by atoms with van der Waals surface area (Å²) in [5.74, 6) is 0. The largest absolute Gasteiger partial charge is 0.392 e. The van der Waals surface area contributed by atoms with E-state index in [9.17, 15) is 13.5 Å². The van der Waals surface area contributed by atoms with Crippen LogP contribution in [-0.4, -0.2) is 43.6 Å². The van der Waals surface area contributed by atoms with Gasteiger partial charge in [0, 0.05) is 19.6 Å². The fraction of sp³-hybridized carbons (Fsp3) is 1.00. The van der Waals surface area contributed by atoms with E-state index in [2.05, 4.69) is 4.72 Å². The van der Waals surface area contributed by atoms with Crippen molar-refractivity contribution in [2.45, 2.75) is 46.1 Å². The van der Waals surface area contributed by atoms with Crippen LogP contribution in [0, 0.1) is 0 Å². The van der Waals surface area contributed by atoms with Crippen molar-refractivity contribution >= 4 is 10.2 Å². The molecule has 0 spiro atoms. The summed E-state index contributed by atoms with van der Waals surface area (Å²) in [6.45, 7) is 6.83. The Morgan fingerprint density at radius 1 is 1.19 bits per heavy atom. The molecule has 0 rings (SSSR count). The molecule has 98 valence electrons. The summed E-state index contributed by atoms with van der Waals surface area (Å²) in [5.41, 5.74) is 0. The lowest BCUT2D eigenvalue weighted by Crippen LogP contribution is -2.44. The molecule has 16 heavy (non-hydrogen) atoms. The predicted molar refractivity (Wildman–Crippen MR) is 65.4 cm³/mol. The van der Waals surface area contributed by atoms with Crippen molar-refractivity contribution in [2.24, 2.45) is 0 Å². The van der Waals surface area contributed by atoms with Crippen molar-refractivity contribution < 1.29 is 13.5 Å². The summed E-state index contributed by atoms with van der Waals surface area (Å²) in [5, 5.41) is 9.32. The Morgan fingerprint density at radius 3 is 2.06 bits per heavy atom. The van der Waals surface area contributed by atoms with Crippen molar-refractivity contribution in [3.63, 3.8) is 0 Å². The molecule has 0 aliphatic heterocycles. The average Bonchev–Trinajstić information content (AvgIpc) is 2.25. The minimum Gasteiger partial charge on any atom is -0.392 e. The van der Waals surface area contributed by atoms with Gasteiger partial charge < -0.3 is 5.11 Å². The summed E-state index contributed by atoms with van der Waals surface area (Å²) in [6.07, 6.45) is 1.51. The number of rotatable bonds is 9. The van der Waals surface area contributed by atoms with Gasteiger partial charge in [0.15, 0.2) is 0 Å². The SMILES string of the molecule is CCCN(CCC)S(=O)(=O)NCC(O)CC. The first-order chi connectivity index (χ1) is 7.47. The average molecular weight is 252 g/mol. The van der Waals surface area contributed by atoms with Gasteiger partial charge in [-0.2, -0.15) is 17.4 Å². The zero-order valence-corrected chi connectivity index (χ0v) is 11.3. The van der Waals surface area contributed by atoms with E-state index in [1.165, 1.54) is 4.31 Å². The van der Waals surface area contributed by atoms with Crippen LogP contribution in [0.1, 0.15) is 40.0 Å². The topological polar surface area (TPSA) is 69.6 Å². The number of aliphatic hydroxyl groups is 1. The summed E-state index contributed by atoms with van der Waals surface area (Å²) >= 11 is 0. The molecule has 0 aliphatic carbocycles. The Morgan fingerprint density at radius 2 is 1.69 bits per heavy atom. The van der Waals surface area contributed by atoms with Crippen LogP contribution in [0.3, 0.4) is 0 Å². The number of nitrogens with zero attached hydrogens (tertiary/aromatic N) is 1. The second kappa shape index (κ2) is 8.00. The molecule has 1 unspecified atom stereocenters. The van der Waals surface area contributed by atoms with Gasteiger partial charge >= 0.3 is 0 Å². The van der Waals surface area contributed by atoms with Crippen LogP contribution in [0.2, 0.25) is 0 Å². The third-order valence-corrected chi connectivity index (χ3v) is 3.83. The fourth-order valence-electron chi connectivity index (χ4n) is 1.29. The zero-order chi connectivity index (χ0) is 12.6. The van der Waals surface area contributed by atoms with Crippen molar-refractivity contribution in [1.82, 2.24) is 9.03 Å². The minimum absolute atomic E-state index is 0.0861. The molecule has 0 radical (unpaired) electrons.